The molecule has 1 amide bonds. The van der Waals surface area contributed by atoms with Crippen LogP contribution < -0.4 is 9.62 Å². The largest absolute Gasteiger partial charge is 0.322 e. The van der Waals surface area contributed by atoms with Crippen molar-refractivity contribution in [1.82, 2.24) is 0 Å². The number of para-hydroxylation sites is 1. The van der Waals surface area contributed by atoms with Gasteiger partial charge in [-0.25, -0.2) is 8.42 Å². The van der Waals surface area contributed by atoms with Gasteiger partial charge in [0.2, 0.25) is 0 Å². The first kappa shape index (κ1) is 23.3. The van der Waals surface area contributed by atoms with Crippen molar-refractivity contribution < 1.29 is 13.2 Å². The quantitative estimate of drug-likeness (QED) is 0.407. The fourth-order valence-corrected chi connectivity index (χ4v) is 4.80. The van der Waals surface area contributed by atoms with Crippen LogP contribution in [0.3, 0.4) is 0 Å². The average molecular weight is 449 g/mol. The normalized spacial score (nSPS) is 11.0. The Bertz CT molecular complexity index is 1160. The number of nitrogens with zero attached hydrogens (tertiary/aromatic N) is 1. The topological polar surface area (TPSA) is 66.5 Å². The molecular weight excluding hydrogens is 420 g/mol. The van der Waals surface area contributed by atoms with Gasteiger partial charge in [0.25, 0.3) is 15.9 Å². The molecule has 3 aromatic rings. The smallest absolute Gasteiger partial charge is 0.264 e. The van der Waals surface area contributed by atoms with Gasteiger partial charge in [0.1, 0.15) is 0 Å². The number of hydrogen-bond donors (Lipinski definition) is 1. The molecule has 5 nitrogen and oxygen atoms in total. The van der Waals surface area contributed by atoms with Crippen LogP contribution in [0.25, 0.3) is 0 Å². The van der Waals surface area contributed by atoms with E-state index in [4.69, 9.17) is 0 Å². The standard InChI is InChI=1S/C26H28N2O3S/c1-3-5-10-21-15-17-23(18-16-21)27-26(29)22-11-9-14-25(20-22)32(30,31)28(19-4-2)24-12-7-6-8-13-24/h4,6-9,11-18,20H,2-3,5,10,19H2,1H3,(H,27,29). The number of anilines is 2. The van der Waals surface area contributed by atoms with E-state index in [0.717, 1.165) is 19.3 Å². The van der Waals surface area contributed by atoms with E-state index >= 15 is 0 Å². The molecular formula is C26H28N2O3S. The zero-order valence-corrected chi connectivity index (χ0v) is 19.0. The van der Waals surface area contributed by atoms with Crippen molar-refractivity contribution in [1.29, 1.82) is 0 Å². The molecule has 6 heteroatoms. The summed E-state index contributed by atoms with van der Waals surface area (Å²) in [6.07, 6.45) is 4.80. The van der Waals surface area contributed by atoms with Crippen LogP contribution in [-0.4, -0.2) is 20.9 Å². The number of aryl methyl sites for hydroxylation is 1. The van der Waals surface area contributed by atoms with Crippen molar-refractivity contribution in [2.75, 3.05) is 16.2 Å². The van der Waals surface area contributed by atoms with Crippen LogP contribution >= 0.6 is 0 Å². The third kappa shape index (κ3) is 5.65. The molecule has 3 aromatic carbocycles. The summed E-state index contributed by atoms with van der Waals surface area (Å²) in [7, 11) is -3.88. The second-order valence-corrected chi connectivity index (χ2v) is 9.31. The Morgan fingerprint density at radius 3 is 2.38 bits per heavy atom. The molecule has 0 fully saturated rings. The van der Waals surface area contributed by atoms with Gasteiger partial charge in [-0.05, 0) is 60.9 Å². The van der Waals surface area contributed by atoms with Crippen LogP contribution in [0.2, 0.25) is 0 Å². The Hall–Kier alpha value is -3.38. The van der Waals surface area contributed by atoms with Crippen LogP contribution in [0, 0.1) is 0 Å². The highest BCUT2D eigenvalue weighted by atomic mass is 32.2. The molecule has 0 aliphatic carbocycles. The number of hydrogen-bond acceptors (Lipinski definition) is 3. The molecule has 0 spiro atoms. The summed E-state index contributed by atoms with van der Waals surface area (Å²) < 4.78 is 27.9. The van der Waals surface area contributed by atoms with Gasteiger partial charge < -0.3 is 5.32 Å². The average Bonchev–Trinajstić information content (AvgIpc) is 2.82. The van der Waals surface area contributed by atoms with Crippen molar-refractivity contribution >= 4 is 27.3 Å². The van der Waals surface area contributed by atoms with Gasteiger partial charge in [0, 0.05) is 11.3 Å². The van der Waals surface area contributed by atoms with Gasteiger partial charge in [-0.1, -0.05) is 55.8 Å². The first-order valence-corrected chi connectivity index (χ1v) is 12.1. The molecule has 3 rings (SSSR count). The minimum absolute atomic E-state index is 0.0470. The van der Waals surface area contributed by atoms with Gasteiger partial charge in [-0.3, -0.25) is 9.10 Å². The fourth-order valence-electron chi connectivity index (χ4n) is 3.32. The zero-order valence-electron chi connectivity index (χ0n) is 18.2. The van der Waals surface area contributed by atoms with Crippen LogP contribution in [0.1, 0.15) is 35.7 Å². The predicted octanol–water partition coefficient (Wildman–Crippen LogP) is 5.66. The summed E-state index contributed by atoms with van der Waals surface area (Å²) in [6, 6.07) is 22.6. The van der Waals surface area contributed by atoms with E-state index in [1.807, 2.05) is 30.3 Å². The van der Waals surface area contributed by atoms with Crippen LogP contribution in [0.5, 0.6) is 0 Å². The summed E-state index contributed by atoms with van der Waals surface area (Å²) in [5.41, 5.74) is 2.69. The number of amides is 1. The number of nitrogens with one attached hydrogen (secondary N) is 1. The molecule has 0 aliphatic rings. The highest BCUT2D eigenvalue weighted by molar-refractivity contribution is 7.92. The van der Waals surface area contributed by atoms with E-state index in [2.05, 4.69) is 18.8 Å². The number of rotatable bonds is 10. The van der Waals surface area contributed by atoms with Crippen LogP contribution in [-0.2, 0) is 16.4 Å². The summed E-state index contributed by atoms with van der Waals surface area (Å²) >= 11 is 0. The third-order valence-corrected chi connectivity index (χ3v) is 6.84. The molecule has 166 valence electrons. The molecule has 32 heavy (non-hydrogen) atoms. The molecule has 0 saturated heterocycles. The first-order chi connectivity index (χ1) is 15.5. The maximum absolute atomic E-state index is 13.3. The highest BCUT2D eigenvalue weighted by Crippen LogP contribution is 2.24. The lowest BCUT2D eigenvalue weighted by Crippen LogP contribution is -2.31. The molecule has 0 radical (unpaired) electrons. The molecule has 0 unspecified atom stereocenters. The van der Waals surface area contributed by atoms with Gasteiger partial charge >= 0.3 is 0 Å². The van der Waals surface area contributed by atoms with Crippen molar-refractivity contribution in [3.63, 3.8) is 0 Å². The molecule has 1 N–H and O–H groups in total. The monoisotopic (exact) mass is 448 g/mol. The molecule has 0 heterocycles. The fraction of sp³-hybridized carbons (Fsp3) is 0.192. The Balaban J connectivity index is 1.82. The molecule has 0 atom stereocenters. The van der Waals surface area contributed by atoms with Crippen LogP contribution in [0.4, 0.5) is 11.4 Å². The Labute approximate surface area is 190 Å². The summed E-state index contributed by atoms with van der Waals surface area (Å²) in [5, 5.41) is 2.84. The van der Waals surface area contributed by atoms with Gasteiger partial charge in [0.05, 0.1) is 17.1 Å². The highest BCUT2D eigenvalue weighted by Gasteiger charge is 2.24. The number of benzene rings is 3. The second-order valence-electron chi connectivity index (χ2n) is 7.44. The zero-order chi connectivity index (χ0) is 23.0. The van der Waals surface area contributed by atoms with E-state index in [-0.39, 0.29) is 22.9 Å². The lowest BCUT2D eigenvalue weighted by Gasteiger charge is -2.23. The Morgan fingerprint density at radius 1 is 1.00 bits per heavy atom. The Morgan fingerprint density at radius 2 is 1.72 bits per heavy atom. The number of sulfonamides is 1. The molecule has 0 bridgehead atoms. The van der Waals surface area contributed by atoms with E-state index in [9.17, 15) is 13.2 Å². The first-order valence-electron chi connectivity index (χ1n) is 10.6. The van der Waals surface area contributed by atoms with E-state index in [0.29, 0.717) is 11.4 Å². The number of carbonyl (C=O) groups is 1. The van der Waals surface area contributed by atoms with Gasteiger partial charge in [-0.15, -0.1) is 6.58 Å². The molecule has 0 saturated carbocycles. The second kappa shape index (κ2) is 10.8. The van der Waals surface area contributed by atoms with E-state index in [1.165, 1.54) is 28.1 Å². The number of carbonyl (C=O) groups excluding carboxylic acids is 1. The van der Waals surface area contributed by atoms with Gasteiger partial charge in [0.15, 0.2) is 0 Å². The molecule has 0 aliphatic heterocycles. The minimum Gasteiger partial charge on any atom is -0.322 e. The van der Waals surface area contributed by atoms with Crippen molar-refractivity contribution in [3.05, 3.63) is 103 Å². The summed E-state index contributed by atoms with van der Waals surface area (Å²) in [6.45, 7) is 5.95. The van der Waals surface area contributed by atoms with Crippen molar-refractivity contribution in [2.24, 2.45) is 0 Å². The maximum Gasteiger partial charge on any atom is 0.264 e. The van der Waals surface area contributed by atoms with E-state index in [1.54, 1.807) is 36.4 Å². The lowest BCUT2D eigenvalue weighted by molar-refractivity contribution is 0.102. The van der Waals surface area contributed by atoms with Crippen molar-refractivity contribution in [2.45, 2.75) is 31.1 Å². The van der Waals surface area contributed by atoms with Crippen molar-refractivity contribution in [3.8, 4) is 0 Å². The van der Waals surface area contributed by atoms with Crippen LogP contribution in [0.15, 0.2) is 96.4 Å². The van der Waals surface area contributed by atoms with Gasteiger partial charge in [-0.2, -0.15) is 0 Å². The molecule has 0 aromatic heterocycles. The number of unbranched alkanes of at least 4 members (excludes halogenated alkanes) is 1. The predicted molar refractivity (Wildman–Crippen MR) is 131 cm³/mol. The third-order valence-electron chi connectivity index (χ3n) is 5.05. The summed E-state index contributed by atoms with van der Waals surface area (Å²) in [5.74, 6) is -0.363. The minimum atomic E-state index is -3.88. The SMILES string of the molecule is C=CCN(c1ccccc1)S(=O)(=O)c1cccc(C(=O)Nc2ccc(CCCC)cc2)c1. The van der Waals surface area contributed by atoms with E-state index < -0.39 is 10.0 Å². The lowest BCUT2D eigenvalue weighted by atomic mass is 10.1. The Kier molecular flexibility index (Phi) is 7.84. The summed E-state index contributed by atoms with van der Waals surface area (Å²) in [4.78, 5) is 12.8. The maximum atomic E-state index is 13.3.